The molecule has 0 atom stereocenters. The van der Waals surface area contributed by atoms with E-state index in [4.69, 9.17) is 9.59 Å². The summed E-state index contributed by atoms with van der Waals surface area (Å²) in [6.45, 7) is 1.73. The molecule has 22 heavy (non-hydrogen) atoms. The molecule has 0 aromatic carbocycles. The summed E-state index contributed by atoms with van der Waals surface area (Å²) in [4.78, 5) is 20.2. The molecule has 0 aliphatic rings. The Morgan fingerprint density at radius 1 is 1.36 bits per heavy atom. The van der Waals surface area contributed by atoms with E-state index in [-0.39, 0.29) is 11.9 Å². The maximum absolute atomic E-state index is 12.4. The number of hydrogen-bond acceptors (Lipinski definition) is 5. The third-order valence-corrected chi connectivity index (χ3v) is 2.77. The second-order valence-electron chi connectivity index (χ2n) is 4.02. The average molecular weight is 311 g/mol. The molecule has 2 heterocycles. The van der Waals surface area contributed by atoms with Crippen LogP contribution in [0.2, 0.25) is 0 Å². The van der Waals surface area contributed by atoms with Crippen LogP contribution >= 0.6 is 0 Å². The van der Waals surface area contributed by atoms with Crippen LogP contribution in [0.3, 0.4) is 0 Å². The quantitative estimate of drug-likeness (QED) is 0.848. The molecular weight excluding hydrogens is 296 g/mol. The third kappa shape index (κ3) is 4.46. The number of aryl methyl sites for hydroxylation is 2. The summed E-state index contributed by atoms with van der Waals surface area (Å²) in [6, 6.07) is 3.30. The fourth-order valence-corrected chi connectivity index (χ4v) is 1.87. The van der Waals surface area contributed by atoms with Gasteiger partial charge < -0.3 is 4.74 Å². The van der Waals surface area contributed by atoms with Crippen LogP contribution in [0.1, 0.15) is 19.5 Å². The third-order valence-electron chi connectivity index (χ3n) is 2.77. The number of ether oxygens (including phenoxy) is 1. The summed E-state index contributed by atoms with van der Waals surface area (Å²) in [5.41, 5.74) is 2.17. The zero-order valence-corrected chi connectivity index (χ0v) is 12.1. The number of pyridine rings is 1. The summed E-state index contributed by atoms with van der Waals surface area (Å²) in [7, 11) is 0. The molecule has 0 amide bonds. The van der Waals surface area contributed by atoms with Gasteiger partial charge in [0.25, 0.3) is 0 Å². The molecule has 0 aliphatic heterocycles. The molecule has 0 saturated heterocycles. The van der Waals surface area contributed by atoms with Crippen molar-refractivity contribution in [1.82, 2.24) is 14.8 Å². The van der Waals surface area contributed by atoms with E-state index >= 15 is 0 Å². The number of nitrogens with zero attached hydrogens (tertiary/aromatic N) is 3. The number of rotatable bonds is 5. The Morgan fingerprint density at radius 3 is 2.59 bits per heavy atom. The van der Waals surface area contributed by atoms with Gasteiger partial charge in [0, 0.05) is 18.9 Å². The molecule has 2 rings (SSSR count). The Morgan fingerprint density at radius 2 is 2.05 bits per heavy atom. The molecule has 118 valence electrons. The van der Waals surface area contributed by atoms with Crippen molar-refractivity contribution in [2.45, 2.75) is 33.4 Å². The maximum atomic E-state index is 12.4. The van der Waals surface area contributed by atoms with E-state index in [1.807, 2.05) is 19.9 Å². The van der Waals surface area contributed by atoms with Crippen molar-refractivity contribution in [3.05, 3.63) is 30.2 Å². The molecule has 0 spiro atoms. The van der Waals surface area contributed by atoms with Crippen molar-refractivity contribution in [1.29, 1.82) is 0 Å². The van der Waals surface area contributed by atoms with Gasteiger partial charge >= 0.3 is 12.8 Å². The first kappa shape index (κ1) is 17.5. The fraction of sp³-hybridized carbons (Fsp3) is 0.357. The molecule has 0 saturated carbocycles. The highest BCUT2D eigenvalue weighted by Crippen LogP contribution is 2.30. The molecule has 0 radical (unpaired) electrons. The number of alkyl halides is 2. The van der Waals surface area contributed by atoms with Gasteiger partial charge in [-0.1, -0.05) is 6.92 Å². The Hall–Kier alpha value is -2.60. The van der Waals surface area contributed by atoms with Crippen LogP contribution in [0.5, 0.6) is 5.75 Å². The first-order valence-electron chi connectivity index (χ1n) is 6.52. The summed E-state index contributed by atoms with van der Waals surface area (Å²) in [6.07, 6.45) is 3.97. The van der Waals surface area contributed by atoms with E-state index in [2.05, 4.69) is 14.8 Å². The highest BCUT2D eigenvalue weighted by atomic mass is 19.3. The van der Waals surface area contributed by atoms with Crippen LogP contribution in [0, 0.1) is 0 Å². The summed E-state index contributed by atoms with van der Waals surface area (Å²) < 4.78 is 31.1. The van der Waals surface area contributed by atoms with Gasteiger partial charge in [-0.25, -0.2) is 0 Å². The minimum absolute atomic E-state index is 0.113. The molecular formula is C14H15F2N3O3. The van der Waals surface area contributed by atoms with E-state index in [1.54, 1.807) is 4.68 Å². The topological polar surface area (TPSA) is 74.1 Å². The van der Waals surface area contributed by atoms with Gasteiger partial charge in [-0.05, 0) is 25.5 Å². The lowest BCUT2D eigenvalue weighted by molar-refractivity contribution is -0.191. The Kier molecular flexibility index (Phi) is 6.85. The van der Waals surface area contributed by atoms with Crippen molar-refractivity contribution in [2.24, 2.45) is 0 Å². The van der Waals surface area contributed by atoms with Gasteiger partial charge in [0.2, 0.25) is 0 Å². The lowest BCUT2D eigenvalue weighted by atomic mass is 10.1. The average Bonchev–Trinajstić information content (AvgIpc) is 2.91. The Bertz CT molecular complexity index is 638. The maximum Gasteiger partial charge on any atom is 0.387 e. The van der Waals surface area contributed by atoms with Crippen molar-refractivity contribution < 1.29 is 23.1 Å². The molecule has 0 fully saturated rings. The van der Waals surface area contributed by atoms with Crippen LogP contribution in [0.4, 0.5) is 8.78 Å². The highest BCUT2D eigenvalue weighted by Gasteiger charge is 2.15. The van der Waals surface area contributed by atoms with Crippen molar-refractivity contribution in [3.63, 3.8) is 0 Å². The molecule has 2 aromatic rings. The van der Waals surface area contributed by atoms with Crippen molar-refractivity contribution in [3.8, 4) is 17.0 Å². The van der Waals surface area contributed by atoms with E-state index < -0.39 is 6.61 Å². The predicted octanol–water partition coefficient (Wildman–Crippen LogP) is 2.55. The largest absolute Gasteiger partial charge is 0.434 e. The molecule has 0 bridgehead atoms. The van der Waals surface area contributed by atoms with E-state index in [1.165, 1.54) is 18.5 Å². The molecule has 0 N–H and O–H groups in total. The van der Waals surface area contributed by atoms with Crippen LogP contribution < -0.4 is 4.74 Å². The zero-order chi connectivity index (χ0) is 16.5. The summed E-state index contributed by atoms with van der Waals surface area (Å²) in [5.74, 6) is 0.113. The van der Waals surface area contributed by atoms with Gasteiger partial charge in [-0.2, -0.15) is 23.5 Å². The first-order valence-corrected chi connectivity index (χ1v) is 6.52. The normalized spacial score (nSPS) is 9.86. The zero-order valence-electron chi connectivity index (χ0n) is 12.1. The Labute approximate surface area is 125 Å². The lowest BCUT2D eigenvalue weighted by Gasteiger charge is -2.10. The number of hydrogen-bond donors (Lipinski definition) is 0. The number of carbonyl (C=O) groups excluding carboxylic acids is 2. The number of halogens is 2. The van der Waals surface area contributed by atoms with Crippen molar-refractivity contribution in [2.75, 3.05) is 0 Å². The second kappa shape index (κ2) is 8.63. The molecule has 8 heteroatoms. The van der Waals surface area contributed by atoms with Gasteiger partial charge in [-0.3, -0.25) is 9.67 Å². The fourth-order valence-electron chi connectivity index (χ4n) is 1.87. The molecule has 6 nitrogen and oxygen atoms in total. The van der Waals surface area contributed by atoms with Gasteiger partial charge in [0.1, 0.15) is 5.75 Å². The summed E-state index contributed by atoms with van der Waals surface area (Å²) >= 11 is 0. The van der Waals surface area contributed by atoms with E-state index in [0.29, 0.717) is 12.1 Å². The van der Waals surface area contributed by atoms with E-state index in [9.17, 15) is 8.78 Å². The highest BCUT2D eigenvalue weighted by molar-refractivity contribution is 5.66. The van der Waals surface area contributed by atoms with Gasteiger partial charge in [0.05, 0.1) is 17.0 Å². The van der Waals surface area contributed by atoms with Crippen LogP contribution in [0.25, 0.3) is 11.3 Å². The van der Waals surface area contributed by atoms with Crippen LogP contribution in [-0.2, 0) is 22.6 Å². The molecule has 0 aliphatic carbocycles. The smallest absolute Gasteiger partial charge is 0.387 e. The van der Waals surface area contributed by atoms with Crippen LogP contribution in [-0.4, -0.2) is 27.5 Å². The molecule has 2 aromatic heterocycles. The van der Waals surface area contributed by atoms with Crippen LogP contribution in [0.15, 0.2) is 24.5 Å². The minimum Gasteiger partial charge on any atom is -0.434 e. The SMILES string of the molecule is CCc1cc(-c2cnccc2OC(F)F)n(CC)n1.O=C=O. The van der Waals surface area contributed by atoms with E-state index in [0.717, 1.165) is 17.8 Å². The minimum atomic E-state index is -2.86. The lowest BCUT2D eigenvalue weighted by Crippen LogP contribution is -2.05. The monoisotopic (exact) mass is 311 g/mol. The van der Waals surface area contributed by atoms with Gasteiger partial charge in [-0.15, -0.1) is 0 Å². The Balaban J connectivity index is 0.000000745. The predicted molar refractivity (Wildman–Crippen MR) is 72.1 cm³/mol. The molecule has 0 unspecified atom stereocenters. The standard InChI is InChI=1S/C13H15F2N3O.CO2/c1-3-9-7-11(18(4-2)17-9)10-8-16-6-5-12(10)19-13(14)15;2-1-3/h5-8,13H,3-4H2,1-2H3;. The first-order chi connectivity index (χ1) is 10.6. The number of aromatic nitrogens is 3. The summed E-state index contributed by atoms with van der Waals surface area (Å²) in [5, 5.41) is 4.39. The second-order valence-corrected chi connectivity index (χ2v) is 4.02. The van der Waals surface area contributed by atoms with Gasteiger partial charge in [0.15, 0.2) is 0 Å². The van der Waals surface area contributed by atoms with Crippen molar-refractivity contribution >= 4 is 6.15 Å².